The van der Waals surface area contributed by atoms with Gasteiger partial charge in [-0.25, -0.2) is 5.06 Å². The molecule has 0 radical (unpaired) electrons. The van der Waals surface area contributed by atoms with E-state index < -0.39 is 0 Å². The van der Waals surface area contributed by atoms with Crippen LogP contribution in [0.3, 0.4) is 0 Å². The molecule has 0 atom stereocenters. The summed E-state index contributed by atoms with van der Waals surface area (Å²) < 4.78 is 0. The molecule has 0 bridgehead atoms. The van der Waals surface area contributed by atoms with Crippen molar-refractivity contribution in [2.45, 2.75) is 6.54 Å². The zero-order valence-corrected chi connectivity index (χ0v) is 10.3. The molecule has 1 heterocycles. The molecular weight excluding hydrogens is 224 g/mol. The Labute approximate surface area is 88.9 Å². The standard InChI is InChI=1S/C8H7NOS.Zn/c10-9-5-6-3-1-2-4-7(6)8(9)11;/h1-4,10H,5H2;. The van der Waals surface area contributed by atoms with Crippen molar-refractivity contribution < 1.29 is 24.7 Å². The summed E-state index contributed by atoms with van der Waals surface area (Å²) in [6.07, 6.45) is 0. The van der Waals surface area contributed by atoms with Crippen molar-refractivity contribution in [3.05, 3.63) is 35.4 Å². The first kappa shape index (κ1) is 9.78. The SMILES string of the molecule is ON1Cc2ccccc2C1=S.[Zn]. The van der Waals surface area contributed by atoms with Gasteiger partial charge < -0.3 is 0 Å². The minimum absolute atomic E-state index is 0. The Balaban J connectivity index is 0.000000720. The molecule has 4 heteroatoms. The number of benzene rings is 1. The predicted molar refractivity (Wildman–Crippen MR) is 45.5 cm³/mol. The number of hydrogen-bond donors (Lipinski definition) is 1. The van der Waals surface area contributed by atoms with Crippen molar-refractivity contribution in [1.29, 1.82) is 0 Å². The van der Waals surface area contributed by atoms with Crippen LogP contribution in [0, 0.1) is 0 Å². The molecule has 0 saturated carbocycles. The first-order valence-corrected chi connectivity index (χ1v) is 3.78. The maximum atomic E-state index is 9.21. The summed E-state index contributed by atoms with van der Waals surface area (Å²) in [5.74, 6) is 0. The molecule has 1 N–H and O–H groups in total. The van der Waals surface area contributed by atoms with E-state index in [2.05, 4.69) is 0 Å². The van der Waals surface area contributed by atoms with E-state index in [4.69, 9.17) is 12.2 Å². The smallest absolute Gasteiger partial charge is 0.134 e. The van der Waals surface area contributed by atoms with Crippen molar-refractivity contribution in [2.24, 2.45) is 0 Å². The summed E-state index contributed by atoms with van der Waals surface area (Å²) in [4.78, 5) is 0.528. The van der Waals surface area contributed by atoms with Crippen molar-refractivity contribution in [1.82, 2.24) is 5.06 Å². The number of hydroxylamine groups is 2. The van der Waals surface area contributed by atoms with Crippen molar-refractivity contribution in [3.63, 3.8) is 0 Å². The molecule has 0 aliphatic carbocycles. The first-order chi connectivity index (χ1) is 5.29. The Morgan fingerprint density at radius 2 is 2.00 bits per heavy atom. The minimum atomic E-state index is 0. The third-order valence-electron chi connectivity index (χ3n) is 1.80. The van der Waals surface area contributed by atoms with E-state index in [0.29, 0.717) is 11.5 Å². The van der Waals surface area contributed by atoms with Crippen molar-refractivity contribution in [2.75, 3.05) is 0 Å². The Bertz CT molecular complexity index is 316. The molecule has 2 rings (SSSR count). The summed E-state index contributed by atoms with van der Waals surface area (Å²) in [6.45, 7) is 0.523. The van der Waals surface area contributed by atoms with E-state index >= 15 is 0 Å². The fourth-order valence-electron chi connectivity index (χ4n) is 1.24. The van der Waals surface area contributed by atoms with Gasteiger partial charge in [-0.3, -0.25) is 5.21 Å². The molecule has 0 fully saturated rings. The second-order valence-electron chi connectivity index (χ2n) is 2.52. The second kappa shape index (κ2) is 3.61. The minimum Gasteiger partial charge on any atom is -0.287 e. The maximum absolute atomic E-state index is 9.21. The summed E-state index contributed by atoms with van der Waals surface area (Å²) in [5.41, 5.74) is 2.07. The molecule has 2 nitrogen and oxygen atoms in total. The molecule has 0 spiro atoms. The van der Waals surface area contributed by atoms with E-state index in [9.17, 15) is 5.21 Å². The molecule has 58 valence electrons. The third kappa shape index (κ3) is 1.42. The van der Waals surface area contributed by atoms with Gasteiger partial charge in [-0.05, 0) is 5.56 Å². The van der Waals surface area contributed by atoms with Crippen LogP contribution < -0.4 is 0 Å². The molecule has 0 amide bonds. The number of thiocarbonyl (C=S) groups is 1. The fourth-order valence-corrected chi connectivity index (χ4v) is 1.50. The fraction of sp³-hybridized carbons (Fsp3) is 0.125. The quantitative estimate of drug-likeness (QED) is 0.541. The number of fused-ring (bicyclic) bond motifs is 1. The van der Waals surface area contributed by atoms with Crippen LogP contribution in [0.25, 0.3) is 0 Å². The van der Waals surface area contributed by atoms with Crippen LogP contribution >= 0.6 is 12.2 Å². The number of nitrogens with zero attached hydrogens (tertiary/aromatic N) is 1. The van der Waals surface area contributed by atoms with Crippen LogP contribution in [-0.2, 0) is 26.0 Å². The first-order valence-electron chi connectivity index (χ1n) is 3.37. The normalized spacial score (nSPS) is 14.1. The van der Waals surface area contributed by atoms with Gasteiger partial charge in [0.2, 0.25) is 0 Å². The monoisotopic (exact) mass is 229 g/mol. The zero-order chi connectivity index (χ0) is 7.84. The number of rotatable bonds is 0. The van der Waals surface area contributed by atoms with Crippen molar-refractivity contribution in [3.8, 4) is 0 Å². The van der Waals surface area contributed by atoms with Crippen LogP contribution in [0.5, 0.6) is 0 Å². The number of hydrogen-bond acceptors (Lipinski definition) is 2. The van der Waals surface area contributed by atoms with Crippen LogP contribution in [0.4, 0.5) is 0 Å². The molecule has 1 aliphatic rings. The van der Waals surface area contributed by atoms with E-state index in [1.165, 1.54) is 0 Å². The van der Waals surface area contributed by atoms with Crippen LogP contribution in [0.15, 0.2) is 24.3 Å². The van der Waals surface area contributed by atoms with E-state index in [1.807, 2.05) is 24.3 Å². The Kier molecular flexibility index (Phi) is 2.94. The Hall–Kier alpha value is -0.307. The van der Waals surface area contributed by atoms with Gasteiger partial charge in [-0.15, -0.1) is 0 Å². The Morgan fingerprint density at radius 1 is 1.33 bits per heavy atom. The van der Waals surface area contributed by atoms with Crippen molar-refractivity contribution >= 4 is 17.2 Å². The molecule has 0 aromatic heterocycles. The van der Waals surface area contributed by atoms with E-state index in [-0.39, 0.29) is 19.5 Å². The van der Waals surface area contributed by atoms with E-state index in [1.54, 1.807) is 0 Å². The molecule has 1 aliphatic heterocycles. The van der Waals surface area contributed by atoms with E-state index in [0.717, 1.165) is 16.2 Å². The molecule has 1 aromatic rings. The maximum Gasteiger partial charge on any atom is 0.134 e. The topological polar surface area (TPSA) is 23.5 Å². The Morgan fingerprint density at radius 3 is 2.67 bits per heavy atom. The van der Waals surface area contributed by atoms with Gasteiger partial charge in [0.1, 0.15) is 4.99 Å². The van der Waals surface area contributed by atoms with Gasteiger partial charge in [-0.2, -0.15) is 0 Å². The van der Waals surface area contributed by atoms with Gasteiger partial charge in [0.25, 0.3) is 0 Å². The van der Waals surface area contributed by atoms with Gasteiger partial charge in [0, 0.05) is 25.0 Å². The van der Waals surface area contributed by atoms with Gasteiger partial charge in [-0.1, -0.05) is 36.5 Å². The zero-order valence-electron chi connectivity index (χ0n) is 6.53. The van der Waals surface area contributed by atoms with Crippen LogP contribution in [0.1, 0.15) is 11.1 Å². The van der Waals surface area contributed by atoms with Crippen LogP contribution in [-0.4, -0.2) is 15.3 Å². The summed E-state index contributed by atoms with van der Waals surface area (Å²) in [5, 5.41) is 10.3. The molecule has 1 aromatic carbocycles. The molecule has 12 heavy (non-hydrogen) atoms. The van der Waals surface area contributed by atoms with Crippen LogP contribution in [0.2, 0.25) is 0 Å². The average molecular weight is 231 g/mol. The average Bonchev–Trinajstić information content (AvgIpc) is 2.30. The summed E-state index contributed by atoms with van der Waals surface area (Å²) in [6, 6.07) is 7.76. The summed E-state index contributed by atoms with van der Waals surface area (Å²) >= 11 is 4.97. The second-order valence-corrected chi connectivity index (χ2v) is 2.91. The van der Waals surface area contributed by atoms with Gasteiger partial charge >= 0.3 is 0 Å². The predicted octanol–water partition coefficient (Wildman–Crippen LogP) is 1.56. The van der Waals surface area contributed by atoms with Gasteiger partial charge in [0.05, 0.1) is 6.54 Å². The molecule has 0 saturated heterocycles. The molecule has 0 unspecified atom stereocenters. The summed E-state index contributed by atoms with van der Waals surface area (Å²) in [7, 11) is 0. The third-order valence-corrected chi connectivity index (χ3v) is 2.23. The largest absolute Gasteiger partial charge is 0.287 e. The molecular formula is C8H7NOSZn. The van der Waals surface area contributed by atoms with Gasteiger partial charge in [0.15, 0.2) is 0 Å².